The van der Waals surface area contributed by atoms with Crippen LogP contribution in [0.25, 0.3) is 0 Å². The maximum Gasteiger partial charge on any atom is 0.309 e. The first kappa shape index (κ1) is 55.1. The predicted octanol–water partition coefficient (Wildman–Crippen LogP) is 15.2. The number of ether oxygens (including phenoxy) is 3. The van der Waals surface area contributed by atoms with Gasteiger partial charge in [0.1, 0.15) is 13.2 Å². The minimum absolute atomic E-state index is 0.115. The van der Waals surface area contributed by atoms with Crippen molar-refractivity contribution < 1.29 is 28.6 Å². The molecule has 1 atom stereocenters. The number of hydrogen-bond donors (Lipinski definition) is 0. The van der Waals surface area contributed by atoms with Crippen molar-refractivity contribution in [2.45, 2.75) is 194 Å². The summed E-state index contributed by atoms with van der Waals surface area (Å²) < 4.78 is 16.6. The van der Waals surface area contributed by atoms with E-state index < -0.39 is 12.1 Å². The molecule has 0 amide bonds. The highest BCUT2D eigenvalue weighted by Gasteiger charge is 2.19. The van der Waals surface area contributed by atoms with Gasteiger partial charge in [-0.3, -0.25) is 14.4 Å². The van der Waals surface area contributed by atoms with Crippen LogP contribution in [-0.2, 0) is 28.6 Å². The van der Waals surface area contributed by atoms with Gasteiger partial charge >= 0.3 is 17.9 Å². The van der Waals surface area contributed by atoms with E-state index in [1.807, 2.05) is 6.08 Å². The number of allylic oxidation sites excluding steroid dienone is 17. The molecule has 59 heavy (non-hydrogen) atoms. The Kier molecular flexibility index (Phi) is 43.6. The lowest BCUT2D eigenvalue weighted by molar-refractivity contribution is -0.166. The summed E-state index contributed by atoms with van der Waals surface area (Å²) in [4.78, 5) is 37.7. The van der Waals surface area contributed by atoms with Gasteiger partial charge in [0, 0.05) is 12.8 Å². The molecule has 6 heteroatoms. The average Bonchev–Trinajstić information content (AvgIpc) is 3.23. The Bertz CT molecular complexity index is 1260. The van der Waals surface area contributed by atoms with Crippen LogP contribution in [0.15, 0.2) is 109 Å². The first-order valence-electron chi connectivity index (χ1n) is 23.4. The summed E-state index contributed by atoms with van der Waals surface area (Å²) in [6, 6.07) is 0. The van der Waals surface area contributed by atoms with Gasteiger partial charge in [-0.2, -0.15) is 0 Å². The van der Waals surface area contributed by atoms with Gasteiger partial charge in [0.05, 0.1) is 6.42 Å². The maximum atomic E-state index is 12.7. The van der Waals surface area contributed by atoms with E-state index in [2.05, 4.69) is 118 Å². The standard InChI is InChI=1S/C53H84O6/c1-4-7-10-13-16-19-22-25-26-29-31-34-37-40-43-46-52(55)58-49-50(59-53(56)47-44-41-38-35-32-28-24-21-18-15-12-9-6-3)48-57-51(54)45-42-39-36-33-30-27-23-20-17-14-11-8-5-2/h7,9-10,12,16,18-21,23,25-26,28,31-32,34,40,43,50H,4-6,8,11,13-15,17,22,24,27,29-30,33,35-39,41-42,44-49H2,1-3H3/b10-7-,12-9-,19-16-,21-18-,23-20-,26-25-,32-28-,34-31-,43-40-. The molecule has 0 N–H and O–H groups in total. The predicted molar refractivity (Wildman–Crippen MR) is 251 cm³/mol. The molecule has 0 aromatic heterocycles. The van der Waals surface area contributed by atoms with Crippen LogP contribution in [0.4, 0.5) is 0 Å². The Morgan fingerprint density at radius 2 is 0.729 bits per heavy atom. The van der Waals surface area contributed by atoms with E-state index in [0.29, 0.717) is 12.8 Å². The fourth-order valence-corrected chi connectivity index (χ4v) is 5.82. The highest BCUT2D eigenvalue weighted by atomic mass is 16.6. The summed E-state index contributed by atoms with van der Waals surface area (Å²) in [5.41, 5.74) is 0. The van der Waals surface area contributed by atoms with Crippen molar-refractivity contribution in [1.29, 1.82) is 0 Å². The molecule has 0 saturated carbocycles. The van der Waals surface area contributed by atoms with Gasteiger partial charge in [-0.25, -0.2) is 0 Å². The molecule has 0 saturated heterocycles. The molecule has 332 valence electrons. The second-order valence-electron chi connectivity index (χ2n) is 14.9. The molecule has 0 spiro atoms. The molecule has 0 aromatic carbocycles. The fourth-order valence-electron chi connectivity index (χ4n) is 5.82. The van der Waals surface area contributed by atoms with Gasteiger partial charge < -0.3 is 14.2 Å². The number of hydrogen-bond acceptors (Lipinski definition) is 6. The van der Waals surface area contributed by atoms with Gasteiger partial charge in [-0.05, 0) is 103 Å². The molecule has 0 aliphatic heterocycles. The summed E-state index contributed by atoms with van der Waals surface area (Å²) in [5, 5.41) is 0. The zero-order valence-corrected chi connectivity index (χ0v) is 37.7. The van der Waals surface area contributed by atoms with Crippen molar-refractivity contribution in [3.8, 4) is 0 Å². The molecule has 0 radical (unpaired) electrons. The Hall–Kier alpha value is -3.93. The average molecular weight is 817 g/mol. The third-order valence-electron chi connectivity index (χ3n) is 9.28. The van der Waals surface area contributed by atoms with E-state index in [4.69, 9.17) is 14.2 Å². The SMILES string of the molecule is CC/C=C\C/C=C\C/C=C\C/C=C\C/C=C\CC(=O)OCC(COC(=O)CCCCCCC/C=C\CCCCCC)OC(=O)CCCCC/C=C\C/C=C\C/C=C\CC. The first-order valence-corrected chi connectivity index (χ1v) is 23.4. The highest BCUT2D eigenvalue weighted by Crippen LogP contribution is 2.11. The van der Waals surface area contributed by atoms with E-state index in [9.17, 15) is 14.4 Å². The third kappa shape index (κ3) is 45.0. The molecule has 0 fully saturated rings. The van der Waals surface area contributed by atoms with Gasteiger partial charge in [0.15, 0.2) is 6.10 Å². The Balaban J connectivity index is 4.59. The second-order valence-corrected chi connectivity index (χ2v) is 14.9. The molecule has 0 heterocycles. The van der Waals surface area contributed by atoms with Gasteiger partial charge in [0.2, 0.25) is 0 Å². The topological polar surface area (TPSA) is 78.9 Å². The van der Waals surface area contributed by atoms with Gasteiger partial charge in [-0.1, -0.05) is 175 Å². The van der Waals surface area contributed by atoms with Crippen LogP contribution in [0.2, 0.25) is 0 Å². The summed E-state index contributed by atoms with van der Waals surface area (Å²) in [6.45, 7) is 6.24. The van der Waals surface area contributed by atoms with Crippen LogP contribution in [0.5, 0.6) is 0 Å². The zero-order valence-electron chi connectivity index (χ0n) is 37.7. The number of rotatable bonds is 40. The van der Waals surface area contributed by atoms with Gasteiger partial charge in [-0.15, -0.1) is 0 Å². The van der Waals surface area contributed by atoms with Crippen LogP contribution in [-0.4, -0.2) is 37.2 Å². The van der Waals surface area contributed by atoms with E-state index in [1.165, 1.54) is 38.5 Å². The molecule has 0 bridgehead atoms. The molecule has 0 aliphatic rings. The normalized spacial score (nSPS) is 13.1. The van der Waals surface area contributed by atoms with E-state index in [1.54, 1.807) is 6.08 Å². The van der Waals surface area contributed by atoms with Crippen LogP contribution < -0.4 is 0 Å². The second kappa shape index (κ2) is 46.8. The van der Waals surface area contributed by atoms with Crippen molar-refractivity contribution in [1.82, 2.24) is 0 Å². The number of carbonyl (C=O) groups is 3. The minimum atomic E-state index is -0.836. The van der Waals surface area contributed by atoms with Crippen LogP contribution >= 0.6 is 0 Å². The first-order chi connectivity index (χ1) is 29.0. The van der Waals surface area contributed by atoms with Crippen LogP contribution in [0.1, 0.15) is 188 Å². The Morgan fingerprint density at radius 1 is 0.373 bits per heavy atom. The lowest BCUT2D eigenvalue weighted by atomic mass is 10.1. The fraction of sp³-hybridized carbons (Fsp3) is 0.604. The molecular weight excluding hydrogens is 733 g/mol. The zero-order chi connectivity index (χ0) is 43.0. The van der Waals surface area contributed by atoms with E-state index >= 15 is 0 Å². The highest BCUT2D eigenvalue weighted by molar-refractivity contribution is 5.72. The van der Waals surface area contributed by atoms with Crippen molar-refractivity contribution >= 4 is 17.9 Å². The van der Waals surface area contributed by atoms with Crippen molar-refractivity contribution in [2.24, 2.45) is 0 Å². The maximum absolute atomic E-state index is 12.7. The summed E-state index contributed by atoms with van der Waals surface area (Å²) in [7, 11) is 0. The monoisotopic (exact) mass is 817 g/mol. The van der Waals surface area contributed by atoms with Crippen molar-refractivity contribution in [3.63, 3.8) is 0 Å². The largest absolute Gasteiger partial charge is 0.462 e. The van der Waals surface area contributed by atoms with E-state index in [-0.39, 0.29) is 38.0 Å². The Labute approximate surface area is 361 Å². The minimum Gasteiger partial charge on any atom is -0.462 e. The smallest absolute Gasteiger partial charge is 0.309 e. The third-order valence-corrected chi connectivity index (χ3v) is 9.28. The molecule has 0 rings (SSSR count). The summed E-state index contributed by atoms with van der Waals surface area (Å²) in [5.74, 6) is -1.11. The van der Waals surface area contributed by atoms with Crippen LogP contribution in [0.3, 0.4) is 0 Å². The van der Waals surface area contributed by atoms with Crippen molar-refractivity contribution in [2.75, 3.05) is 13.2 Å². The van der Waals surface area contributed by atoms with Gasteiger partial charge in [0.25, 0.3) is 0 Å². The number of carbonyl (C=O) groups excluding carboxylic acids is 3. The number of unbranched alkanes of at least 4 members (excludes halogenated alkanes) is 12. The molecule has 0 aromatic rings. The molecule has 6 nitrogen and oxygen atoms in total. The summed E-state index contributed by atoms with van der Waals surface area (Å²) in [6.07, 6.45) is 62.4. The molecule has 0 aliphatic carbocycles. The lowest BCUT2D eigenvalue weighted by Crippen LogP contribution is -2.30. The summed E-state index contributed by atoms with van der Waals surface area (Å²) >= 11 is 0. The quantitative estimate of drug-likeness (QED) is 0.0265. The van der Waals surface area contributed by atoms with E-state index in [0.717, 1.165) is 103 Å². The lowest BCUT2D eigenvalue weighted by Gasteiger charge is -2.18. The molecular formula is C53H84O6. The molecule has 1 unspecified atom stereocenters. The number of esters is 3. The van der Waals surface area contributed by atoms with Crippen LogP contribution in [0, 0.1) is 0 Å². The Morgan fingerprint density at radius 3 is 1.22 bits per heavy atom. The van der Waals surface area contributed by atoms with Crippen molar-refractivity contribution in [3.05, 3.63) is 109 Å².